The molecule has 0 atom stereocenters. The first-order chi connectivity index (χ1) is 10.1. The maximum Gasteiger partial charge on any atom is 0.271 e. The lowest BCUT2D eigenvalue weighted by Crippen LogP contribution is -1.96. The van der Waals surface area contributed by atoms with E-state index in [0.29, 0.717) is 16.3 Å². The van der Waals surface area contributed by atoms with Gasteiger partial charge in [-0.3, -0.25) is 14.9 Å². The number of nitrogens with one attached hydrogen (secondary N) is 1. The molecule has 2 rings (SSSR count). The number of nitro groups is 1. The summed E-state index contributed by atoms with van der Waals surface area (Å²) < 4.78 is 0. The molecule has 0 aromatic heterocycles. The van der Waals surface area contributed by atoms with Crippen molar-refractivity contribution in [2.24, 2.45) is 0 Å². The topological polar surface area (TPSA) is 72.2 Å². The van der Waals surface area contributed by atoms with Crippen molar-refractivity contribution in [3.8, 4) is 0 Å². The third kappa shape index (κ3) is 4.15. The normalized spacial score (nSPS) is 10.5. The van der Waals surface area contributed by atoms with Gasteiger partial charge in [-0.05, 0) is 30.3 Å². The minimum atomic E-state index is -0.478. The first-order valence-corrected chi connectivity index (χ1v) is 6.41. The highest BCUT2D eigenvalue weighted by Gasteiger charge is 2.04. The van der Waals surface area contributed by atoms with E-state index in [1.165, 1.54) is 24.4 Å². The van der Waals surface area contributed by atoms with Gasteiger partial charge in [0.1, 0.15) is 0 Å². The molecule has 0 unspecified atom stereocenters. The molecule has 0 amide bonds. The maximum atomic E-state index is 11.8. The molecule has 6 heteroatoms. The predicted octanol–water partition coefficient (Wildman–Crippen LogP) is 4.06. The van der Waals surface area contributed by atoms with E-state index in [-0.39, 0.29) is 11.5 Å². The average Bonchev–Trinajstić information content (AvgIpc) is 2.48. The van der Waals surface area contributed by atoms with Gasteiger partial charge in [0.05, 0.1) is 4.92 Å². The molecule has 106 valence electrons. The van der Waals surface area contributed by atoms with Crippen LogP contribution in [0, 0.1) is 10.1 Å². The predicted molar refractivity (Wildman–Crippen MR) is 81.6 cm³/mol. The molecule has 1 N–H and O–H groups in total. The zero-order valence-corrected chi connectivity index (χ0v) is 11.6. The highest BCUT2D eigenvalue weighted by molar-refractivity contribution is 6.30. The van der Waals surface area contributed by atoms with Crippen LogP contribution in [-0.4, -0.2) is 10.7 Å². The minimum absolute atomic E-state index is 0.0163. The zero-order valence-electron chi connectivity index (χ0n) is 10.8. The van der Waals surface area contributed by atoms with Gasteiger partial charge in [-0.25, -0.2) is 0 Å². The highest BCUT2D eigenvalue weighted by Crippen LogP contribution is 2.17. The summed E-state index contributed by atoms with van der Waals surface area (Å²) in [5, 5.41) is 14.0. The molecule has 0 fully saturated rings. The van der Waals surface area contributed by atoms with Gasteiger partial charge in [-0.1, -0.05) is 17.7 Å². The molecule has 0 aliphatic rings. The molecule has 2 aromatic rings. The Hall–Kier alpha value is -2.66. The number of anilines is 1. The molecule has 5 nitrogen and oxygen atoms in total. The Morgan fingerprint density at radius 2 is 1.90 bits per heavy atom. The van der Waals surface area contributed by atoms with Crippen molar-refractivity contribution in [1.82, 2.24) is 0 Å². The fourth-order valence-corrected chi connectivity index (χ4v) is 1.76. The van der Waals surface area contributed by atoms with E-state index in [4.69, 9.17) is 11.6 Å². The molecular weight excluding hydrogens is 292 g/mol. The fourth-order valence-electron chi connectivity index (χ4n) is 1.63. The number of halogens is 1. The van der Waals surface area contributed by atoms with Crippen molar-refractivity contribution in [2.45, 2.75) is 0 Å². The summed E-state index contributed by atoms with van der Waals surface area (Å²) >= 11 is 5.74. The van der Waals surface area contributed by atoms with Gasteiger partial charge in [-0.2, -0.15) is 0 Å². The number of carbonyl (C=O) groups is 1. The molecule has 2 aromatic carbocycles. The standard InChI is InChI=1S/C15H11ClN2O3/c16-12-6-4-11(5-7-12)15(19)8-9-17-13-2-1-3-14(10-13)18(20)21/h1-10,17H. The van der Waals surface area contributed by atoms with Crippen LogP contribution >= 0.6 is 11.6 Å². The highest BCUT2D eigenvalue weighted by atomic mass is 35.5. The van der Waals surface area contributed by atoms with Crippen LogP contribution in [0.5, 0.6) is 0 Å². The number of rotatable bonds is 5. The molecule has 0 saturated heterocycles. The van der Waals surface area contributed by atoms with Crippen molar-refractivity contribution in [2.75, 3.05) is 5.32 Å². The number of carbonyl (C=O) groups excluding carboxylic acids is 1. The Labute approximate surface area is 126 Å². The molecule has 0 aliphatic carbocycles. The summed E-state index contributed by atoms with van der Waals surface area (Å²) in [6, 6.07) is 12.5. The van der Waals surface area contributed by atoms with Crippen LogP contribution in [0.25, 0.3) is 0 Å². The molecule has 0 heterocycles. The first kappa shape index (κ1) is 14.7. The van der Waals surface area contributed by atoms with E-state index in [2.05, 4.69) is 5.32 Å². The minimum Gasteiger partial charge on any atom is -0.361 e. The van der Waals surface area contributed by atoms with Crippen molar-refractivity contribution >= 4 is 28.8 Å². The summed E-state index contributed by atoms with van der Waals surface area (Å²) in [4.78, 5) is 22.0. The number of allylic oxidation sites excluding steroid dienone is 1. The van der Waals surface area contributed by atoms with Gasteiger partial charge in [-0.15, -0.1) is 0 Å². The van der Waals surface area contributed by atoms with Crippen LogP contribution < -0.4 is 5.32 Å². The molecule has 0 aliphatic heterocycles. The van der Waals surface area contributed by atoms with Crippen molar-refractivity contribution < 1.29 is 9.72 Å². The third-order valence-electron chi connectivity index (χ3n) is 2.67. The van der Waals surface area contributed by atoms with Crippen LogP contribution in [0.15, 0.2) is 60.8 Å². The third-order valence-corrected chi connectivity index (χ3v) is 2.92. The second-order valence-electron chi connectivity index (χ2n) is 4.16. The average molecular weight is 303 g/mol. The maximum absolute atomic E-state index is 11.8. The number of benzene rings is 2. The quantitative estimate of drug-likeness (QED) is 0.391. The number of hydrogen-bond acceptors (Lipinski definition) is 4. The van der Waals surface area contributed by atoms with Gasteiger partial charge >= 0.3 is 0 Å². The molecular formula is C15H11ClN2O3. The van der Waals surface area contributed by atoms with E-state index >= 15 is 0 Å². The van der Waals surface area contributed by atoms with Crippen molar-refractivity contribution in [3.63, 3.8) is 0 Å². The lowest BCUT2D eigenvalue weighted by Gasteiger charge is -2.00. The van der Waals surface area contributed by atoms with Gasteiger partial charge in [0.15, 0.2) is 5.78 Å². The fraction of sp³-hybridized carbons (Fsp3) is 0. The molecule has 0 radical (unpaired) electrons. The van der Waals surface area contributed by atoms with E-state index in [1.54, 1.807) is 36.4 Å². The van der Waals surface area contributed by atoms with Crippen LogP contribution in [0.2, 0.25) is 5.02 Å². The summed E-state index contributed by atoms with van der Waals surface area (Å²) in [6.45, 7) is 0. The Kier molecular flexibility index (Phi) is 4.68. The van der Waals surface area contributed by atoms with E-state index < -0.39 is 4.92 Å². The zero-order chi connectivity index (χ0) is 15.2. The molecule has 0 spiro atoms. The Morgan fingerprint density at radius 1 is 1.19 bits per heavy atom. The Morgan fingerprint density at radius 3 is 2.57 bits per heavy atom. The Balaban J connectivity index is 2.02. The van der Waals surface area contributed by atoms with E-state index in [9.17, 15) is 14.9 Å². The van der Waals surface area contributed by atoms with Gasteiger partial charge in [0.25, 0.3) is 5.69 Å². The van der Waals surface area contributed by atoms with Gasteiger partial charge < -0.3 is 5.32 Å². The Bertz CT molecular complexity index is 696. The first-order valence-electron chi connectivity index (χ1n) is 6.04. The largest absolute Gasteiger partial charge is 0.361 e. The number of nitro benzene ring substituents is 1. The summed E-state index contributed by atoms with van der Waals surface area (Å²) in [7, 11) is 0. The second kappa shape index (κ2) is 6.67. The molecule has 21 heavy (non-hydrogen) atoms. The van der Waals surface area contributed by atoms with Crippen LogP contribution in [-0.2, 0) is 0 Å². The summed E-state index contributed by atoms with van der Waals surface area (Å²) in [5.74, 6) is -0.190. The second-order valence-corrected chi connectivity index (χ2v) is 4.59. The SMILES string of the molecule is O=C(C=CNc1cccc([N+](=O)[O-])c1)c1ccc(Cl)cc1. The molecule has 0 saturated carbocycles. The number of ketones is 1. The monoisotopic (exact) mass is 302 g/mol. The number of non-ortho nitro benzene ring substituents is 1. The smallest absolute Gasteiger partial charge is 0.271 e. The summed E-state index contributed by atoms with van der Waals surface area (Å²) in [5.41, 5.74) is 1.03. The summed E-state index contributed by atoms with van der Waals surface area (Å²) in [6.07, 6.45) is 2.79. The molecule has 0 bridgehead atoms. The lowest BCUT2D eigenvalue weighted by atomic mass is 10.1. The van der Waals surface area contributed by atoms with Crippen LogP contribution in [0.1, 0.15) is 10.4 Å². The van der Waals surface area contributed by atoms with Crippen LogP contribution in [0.3, 0.4) is 0 Å². The van der Waals surface area contributed by atoms with Gasteiger partial charge in [0, 0.05) is 40.7 Å². The van der Waals surface area contributed by atoms with E-state index in [1.807, 2.05) is 0 Å². The van der Waals surface area contributed by atoms with E-state index in [0.717, 1.165) is 0 Å². The lowest BCUT2D eigenvalue weighted by molar-refractivity contribution is -0.384. The van der Waals surface area contributed by atoms with Crippen molar-refractivity contribution in [1.29, 1.82) is 0 Å². The number of hydrogen-bond donors (Lipinski definition) is 1. The van der Waals surface area contributed by atoms with Gasteiger partial charge in [0.2, 0.25) is 0 Å². The van der Waals surface area contributed by atoms with Crippen molar-refractivity contribution in [3.05, 3.63) is 81.5 Å². The van der Waals surface area contributed by atoms with Crippen LogP contribution in [0.4, 0.5) is 11.4 Å². The number of nitrogens with zero attached hydrogens (tertiary/aromatic N) is 1.